The summed E-state index contributed by atoms with van der Waals surface area (Å²) in [5.41, 5.74) is 5.70. The van der Waals surface area contributed by atoms with Crippen LogP contribution in [0.15, 0.2) is 0 Å². The lowest BCUT2D eigenvalue weighted by atomic mass is 9.94. The fourth-order valence-electron chi connectivity index (χ4n) is 2.67. The Morgan fingerprint density at radius 3 is 2.53 bits per heavy atom. The first-order valence-electron chi connectivity index (χ1n) is 6.66. The first-order chi connectivity index (χ1) is 8.73. The molecular formula is C13H25N3O2S. The van der Waals surface area contributed by atoms with Crippen LogP contribution < -0.4 is 5.73 Å². The Labute approximate surface area is 120 Å². The average Bonchev–Trinajstić information content (AvgIpc) is 2.56. The van der Waals surface area contributed by atoms with Crippen LogP contribution in [0, 0.1) is 11.8 Å². The number of thiocarbonyl (C=S) groups is 1. The van der Waals surface area contributed by atoms with Crippen LogP contribution >= 0.6 is 12.2 Å². The number of likely N-dealkylation sites (N-methyl/N-ethyl adjacent to an activating group) is 1. The van der Waals surface area contributed by atoms with Crippen LogP contribution in [0.3, 0.4) is 0 Å². The number of carbonyl (C=O) groups excluding carboxylic acids is 1. The third-order valence-corrected chi connectivity index (χ3v) is 3.74. The average molecular weight is 287 g/mol. The molecule has 0 aromatic rings. The third kappa shape index (κ3) is 4.12. The Morgan fingerprint density at radius 2 is 2.11 bits per heavy atom. The third-order valence-electron chi connectivity index (χ3n) is 3.49. The highest BCUT2D eigenvalue weighted by molar-refractivity contribution is 7.80. The van der Waals surface area contributed by atoms with Gasteiger partial charge in [-0.05, 0) is 26.4 Å². The van der Waals surface area contributed by atoms with E-state index in [1.807, 2.05) is 32.8 Å². The Hall–Kier alpha value is -0.720. The van der Waals surface area contributed by atoms with Crippen molar-refractivity contribution in [1.82, 2.24) is 9.80 Å². The van der Waals surface area contributed by atoms with Crippen LogP contribution in [-0.4, -0.2) is 65.1 Å². The van der Waals surface area contributed by atoms with Gasteiger partial charge in [0.15, 0.2) is 0 Å². The van der Waals surface area contributed by atoms with Gasteiger partial charge in [0, 0.05) is 19.1 Å². The first-order valence-corrected chi connectivity index (χ1v) is 7.07. The van der Waals surface area contributed by atoms with Crippen LogP contribution in [0.4, 0.5) is 0 Å². The maximum atomic E-state index is 12.6. The van der Waals surface area contributed by atoms with Crippen LogP contribution in [0.25, 0.3) is 0 Å². The summed E-state index contributed by atoms with van der Waals surface area (Å²) >= 11 is 5.02. The lowest BCUT2D eigenvalue weighted by molar-refractivity contribution is -0.135. The Balaban J connectivity index is 2.85. The maximum absolute atomic E-state index is 12.6. The number of amides is 1. The predicted octanol–water partition coefficient (Wildman–Crippen LogP) is 0.0681. The van der Waals surface area contributed by atoms with E-state index in [-0.39, 0.29) is 22.9 Å². The number of hydrogen-bond donors (Lipinski definition) is 2. The number of carbonyl (C=O) groups is 1. The van der Waals surface area contributed by atoms with E-state index in [0.717, 1.165) is 6.54 Å². The van der Waals surface area contributed by atoms with E-state index in [9.17, 15) is 9.90 Å². The van der Waals surface area contributed by atoms with Gasteiger partial charge in [0.1, 0.15) is 0 Å². The van der Waals surface area contributed by atoms with Gasteiger partial charge in [0.05, 0.1) is 17.0 Å². The van der Waals surface area contributed by atoms with Crippen molar-refractivity contribution in [2.75, 3.05) is 27.2 Å². The number of hydrogen-bond acceptors (Lipinski definition) is 4. The quantitative estimate of drug-likeness (QED) is 0.700. The van der Waals surface area contributed by atoms with Crippen LogP contribution in [0.5, 0.6) is 0 Å². The summed E-state index contributed by atoms with van der Waals surface area (Å²) in [7, 11) is 3.92. The minimum Gasteiger partial charge on any atom is -0.393 e. The molecule has 0 spiro atoms. The zero-order valence-electron chi connectivity index (χ0n) is 12.2. The van der Waals surface area contributed by atoms with Crippen molar-refractivity contribution in [2.24, 2.45) is 17.6 Å². The van der Waals surface area contributed by atoms with Gasteiger partial charge < -0.3 is 20.6 Å². The van der Waals surface area contributed by atoms with Gasteiger partial charge in [-0.2, -0.15) is 0 Å². The second-order valence-electron chi connectivity index (χ2n) is 5.92. The molecule has 0 aromatic carbocycles. The first kappa shape index (κ1) is 16.3. The molecule has 5 nitrogen and oxygen atoms in total. The van der Waals surface area contributed by atoms with Gasteiger partial charge in [-0.15, -0.1) is 0 Å². The van der Waals surface area contributed by atoms with Crippen molar-refractivity contribution in [2.45, 2.75) is 32.4 Å². The maximum Gasteiger partial charge on any atom is 0.233 e. The number of nitrogens with two attached hydrogens (primary N) is 1. The van der Waals surface area contributed by atoms with E-state index < -0.39 is 12.0 Å². The van der Waals surface area contributed by atoms with Crippen LogP contribution in [0.1, 0.15) is 20.3 Å². The topological polar surface area (TPSA) is 69.8 Å². The minimum atomic E-state index is -0.451. The summed E-state index contributed by atoms with van der Waals surface area (Å²) in [6, 6.07) is 0.0353. The van der Waals surface area contributed by atoms with Gasteiger partial charge in [-0.1, -0.05) is 26.1 Å². The molecule has 0 aromatic heterocycles. The molecule has 3 atom stereocenters. The molecule has 1 heterocycles. The normalized spacial score (nSPS) is 25.1. The van der Waals surface area contributed by atoms with Crippen molar-refractivity contribution in [3.8, 4) is 0 Å². The monoisotopic (exact) mass is 287 g/mol. The molecule has 0 bridgehead atoms. The van der Waals surface area contributed by atoms with E-state index in [1.54, 1.807) is 4.90 Å². The van der Waals surface area contributed by atoms with Crippen molar-refractivity contribution in [1.29, 1.82) is 0 Å². The van der Waals surface area contributed by atoms with Crippen LogP contribution in [0.2, 0.25) is 0 Å². The standard InChI is InChI=1S/C13H25N3O2S/c1-8(2)11(12(14)19)13(18)16-7-10(17)5-9(16)6-15(3)4/h8-11,17H,5-7H2,1-4H3,(H2,14,19). The molecule has 1 rings (SSSR count). The van der Waals surface area contributed by atoms with E-state index in [2.05, 4.69) is 0 Å². The zero-order chi connectivity index (χ0) is 14.7. The summed E-state index contributed by atoms with van der Waals surface area (Å²) in [6.45, 7) is 5.00. The Morgan fingerprint density at radius 1 is 1.53 bits per heavy atom. The van der Waals surface area contributed by atoms with E-state index in [4.69, 9.17) is 18.0 Å². The molecule has 110 valence electrons. The largest absolute Gasteiger partial charge is 0.393 e. The van der Waals surface area contributed by atoms with Gasteiger partial charge in [0.2, 0.25) is 5.91 Å². The Bertz CT molecular complexity index is 347. The molecule has 1 saturated heterocycles. The summed E-state index contributed by atoms with van der Waals surface area (Å²) in [6.07, 6.45) is 0.166. The van der Waals surface area contributed by atoms with E-state index >= 15 is 0 Å². The summed E-state index contributed by atoms with van der Waals surface area (Å²) in [4.78, 5) is 16.6. The molecule has 1 aliphatic rings. The van der Waals surface area contributed by atoms with E-state index in [1.165, 1.54) is 0 Å². The smallest absolute Gasteiger partial charge is 0.233 e. The molecule has 6 heteroatoms. The van der Waals surface area contributed by atoms with Crippen molar-refractivity contribution >= 4 is 23.1 Å². The lowest BCUT2D eigenvalue weighted by Gasteiger charge is -2.31. The fraction of sp³-hybridized carbons (Fsp3) is 0.846. The molecule has 1 aliphatic heterocycles. The summed E-state index contributed by atoms with van der Waals surface area (Å²) < 4.78 is 0. The van der Waals surface area contributed by atoms with Crippen LogP contribution in [-0.2, 0) is 4.79 Å². The number of nitrogens with zero attached hydrogens (tertiary/aromatic N) is 2. The molecule has 19 heavy (non-hydrogen) atoms. The molecule has 1 fully saturated rings. The summed E-state index contributed by atoms with van der Waals surface area (Å²) in [5.74, 6) is -0.418. The van der Waals surface area contributed by atoms with Gasteiger partial charge >= 0.3 is 0 Å². The lowest BCUT2D eigenvalue weighted by Crippen LogP contribution is -2.48. The molecule has 3 unspecified atom stereocenters. The minimum absolute atomic E-state index is 0.0353. The number of aliphatic hydroxyl groups excluding tert-OH is 1. The molecule has 0 saturated carbocycles. The molecule has 0 radical (unpaired) electrons. The highest BCUT2D eigenvalue weighted by atomic mass is 32.1. The summed E-state index contributed by atoms with van der Waals surface area (Å²) in [5, 5.41) is 9.81. The van der Waals surface area contributed by atoms with Gasteiger partial charge in [0.25, 0.3) is 0 Å². The fourth-order valence-corrected chi connectivity index (χ4v) is 3.04. The highest BCUT2D eigenvalue weighted by Crippen LogP contribution is 2.24. The number of likely N-dealkylation sites (tertiary alicyclic amines) is 1. The van der Waals surface area contributed by atoms with Crippen molar-refractivity contribution in [3.05, 3.63) is 0 Å². The molecule has 3 N–H and O–H groups in total. The van der Waals surface area contributed by atoms with Gasteiger partial charge in [-0.25, -0.2) is 0 Å². The predicted molar refractivity (Wildman–Crippen MR) is 79.8 cm³/mol. The molecule has 1 amide bonds. The Kier molecular flexibility index (Phi) is 5.70. The zero-order valence-corrected chi connectivity index (χ0v) is 13.0. The van der Waals surface area contributed by atoms with Crippen molar-refractivity contribution in [3.63, 3.8) is 0 Å². The number of aliphatic hydroxyl groups is 1. The second kappa shape index (κ2) is 6.63. The van der Waals surface area contributed by atoms with Crippen molar-refractivity contribution < 1.29 is 9.90 Å². The highest BCUT2D eigenvalue weighted by Gasteiger charge is 2.39. The SMILES string of the molecule is CC(C)C(C(=O)N1CC(O)CC1CN(C)C)C(N)=S. The number of β-amino-alcohol motifs (C(OH)–C–C–N with tert-alkyl or cyclic N) is 1. The van der Waals surface area contributed by atoms with E-state index in [0.29, 0.717) is 13.0 Å². The second-order valence-corrected chi connectivity index (χ2v) is 6.39. The van der Waals surface area contributed by atoms with Gasteiger partial charge in [-0.3, -0.25) is 4.79 Å². The number of rotatable bonds is 5. The molecular weight excluding hydrogens is 262 g/mol. The molecule has 0 aliphatic carbocycles.